The molecule has 3 heterocycles. The SMILES string of the molecule is NCc1ccoc1.O=CN1CCN(C(=O)c2cccc(Cc3n[nH]c(=O)c4c3CCCC4)c2)CC1. The Hall–Kier alpha value is -3.72. The van der Waals surface area contributed by atoms with Crippen LogP contribution in [0, 0.1) is 0 Å². The Morgan fingerprint density at radius 3 is 2.51 bits per heavy atom. The van der Waals surface area contributed by atoms with Crippen molar-refractivity contribution in [1.29, 1.82) is 0 Å². The number of furan rings is 1. The fourth-order valence-corrected chi connectivity index (χ4v) is 4.50. The smallest absolute Gasteiger partial charge is 0.267 e. The second-order valence-electron chi connectivity index (χ2n) is 8.81. The number of amides is 2. The van der Waals surface area contributed by atoms with Gasteiger partial charge in [0.15, 0.2) is 0 Å². The molecule has 3 aromatic rings. The summed E-state index contributed by atoms with van der Waals surface area (Å²) >= 11 is 0. The van der Waals surface area contributed by atoms with Gasteiger partial charge in [-0.05, 0) is 55.0 Å². The number of aromatic nitrogens is 2. The van der Waals surface area contributed by atoms with Crippen LogP contribution in [0.4, 0.5) is 0 Å². The van der Waals surface area contributed by atoms with Gasteiger partial charge in [-0.15, -0.1) is 0 Å². The number of nitrogens with one attached hydrogen (secondary N) is 1. The normalized spacial score (nSPS) is 15.1. The molecule has 184 valence electrons. The Bertz CT molecular complexity index is 1200. The van der Waals surface area contributed by atoms with Gasteiger partial charge in [-0.25, -0.2) is 5.10 Å². The third-order valence-electron chi connectivity index (χ3n) is 6.49. The summed E-state index contributed by atoms with van der Waals surface area (Å²) in [6.45, 7) is 2.81. The minimum absolute atomic E-state index is 0.0103. The molecule has 1 aliphatic carbocycles. The molecule has 1 aromatic carbocycles. The van der Waals surface area contributed by atoms with Crippen LogP contribution in [0.5, 0.6) is 0 Å². The van der Waals surface area contributed by atoms with Crippen molar-refractivity contribution in [1.82, 2.24) is 20.0 Å². The standard InChI is InChI=1S/C21H24N4O3.C5H7NO/c26-14-24-8-10-25(11-9-24)21(28)16-5-3-4-15(12-16)13-19-17-6-1-2-7-18(17)20(27)23-22-19;6-3-5-1-2-7-4-5/h3-5,12,14H,1-2,6-11,13H2,(H,23,27);1-2,4H,3,6H2. The van der Waals surface area contributed by atoms with Gasteiger partial charge >= 0.3 is 0 Å². The van der Waals surface area contributed by atoms with Gasteiger partial charge in [0, 0.05) is 55.8 Å². The van der Waals surface area contributed by atoms with Crippen LogP contribution in [0.3, 0.4) is 0 Å². The summed E-state index contributed by atoms with van der Waals surface area (Å²) in [5, 5.41) is 6.93. The van der Waals surface area contributed by atoms with Crippen molar-refractivity contribution in [3.8, 4) is 0 Å². The third kappa shape index (κ3) is 6.05. The van der Waals surface area contributed by atoms with E-state index >= 15 is 0 Å². The van der Waals surface area contributed by atoms with E-state index in [2.05, 4.69) is 10.2 Å². The molecule has 0 saturated carbocycles. The molecule has 9 heteroatoms. The minimum atomic E-state index is -0.0724. The van der Waals surface area contributed by atoms with E-state index in [0.29, 0.717) is 44.7 Å². The number of carbonyl (C=O) groups is 2. The molecule has 1 saturated heterocycles. The maximum atomic E-state index is 12.8. The summed E-state index contributed by atoms with van der Waals surface area (Å²) in [7, 11) is 0. The lowest BCUT2D eigenvalue weighted by molar-refractivity contribution is -0.119. The molecule has 0 spiro atoms. The van der Waals surface area contributed by atoms with Crippen molar-refractivity contribution in [2.75, 3.05) is 26.2 Å². The second-order valence-corrected chi connectivity index (χ2v) is 8.81. The second kappa shape index (κ2) is 11.6. The van der Waals surface area contributed by atoms with Gasteiger partial charge < -0.3 is 20.0 Å². The van der Waals surface area contributed by atoms with Crippen LogP contribution >= 0.6 is 0 Å². The number of fused-ring (bicyclic) bond motifs is 1. The molecule has 9 nitrogen and oxygen atoms in total. The average molecular weight is 478 g/mol. The van der Waals surface area contributed by atoms with Crippen LogP contribution in [0.25, 0.3) is 0 Å². The maximum absolute atomic E-state index is 12.8. The Kier molecular flexibility index (Phi) is 8.10. The number of hydrogen-bond acceptors (Lipinski definition) is 6. The molecule has 0 unspecified atom stereocenters. The summed E-state index contributed by atoms with van der Waals surface area (Å²) in [6, 6.07) is 9.47. The lowest BCUT2D eigenvalue weighted by Gasteiger charge is -2.32. The van der Waals surface area contributed by atoms with E-state index in [1.807, 2.05) is 30.3 Å². The van der Waals surface area contributed by atoms with Crippen molar-refractivity contribution >= 4 is 12.3 Å². The highest BCUT2D eigenvalue weighted by Crippen LogP contribution is 2.22. The topological polar surface area (TPSA) is 126 Å². The highest BCUT2D eigenvalue weighted by atomic mass is 16.3. The fourth-order valence-electron chi connectivity index (χ4n) is 4.50. The number of H-pyrrole nitrogens is 1. The molecule has 35 heavy (non-hydrogen) atoms. The Labute approximate surface area is 203 Å². The number of carbonyl (C=O) groups excluding carboxylic acids is 2. The van der Waals surface area contributed by atoms with E-state index in [4.69, 9.17) is 10.2 Å². The maximum Gasteiger partial charge on any atom is 0.267 e. The lowest BCUT2D eigenvalue weighted by atomic mass is 9.90. The average Bonchev–Trinajstić information content (AvgIpc) is 3.45. The molecular formula is C26H31N5O4. The highest BCUT2D eigenvalue weighted by Gasteiger charge is 2.22. The number of hydrogen-bond donors (Lipinski definition) is 2. The fraction of sp³-hybridized carbons (Fsp3) is 0.385. The zero-order valence-corrected chi connectivity index (χ0v) is 19.7. The Morgan fingerprint density at radius 2 is 1.86 bits per heavy atom. The largest absolute Gasteiger partial charge is 0.472 e. The quantitative estimate of drug-likeness (QED) is 0.541. The molecule has 3 N–H and O–H groups in total. The Balaban J connectivity index is 0.000000356. The van der Waals surface area contributed by atoms with Gasteiger partial charge in [0.05, 0.1) is 18.2 Å². The first-order valence-electron chi connectivity index (χ1n) is 12.0. The zero-order valence-electron chi connectivity index (χ0n) is 19.7. The first kappa shape index (κ1) is 24.4. The van der Waals surface area contributed by atoms with Crippen molar-refractivity contribution in [2.24, 2.45) is 5.73 Å². The van der Waals surface area contributed by atoms with Crippen molar-refractivity contribution in [2.45, 2.75) is 38.6 Å². The van der Waals surface area contributed by atoms with Gasteiger partial charge in [-0.2, -0.15) is 5.10 Å². The Morgan fingerprint density at radius 1 is 1.09 bits per heavy atom. The summed E-state index contributed by atoms with van der Waals surface area (Å²) < 4.78 is 4.73. The van der Waals surface area contributed by atoms with Crippen LogP contribution in [0.15, 0.2) is 52.1 Å². The number of piperazine rings is 1. The molecule has 1 aliphatic heterocycles. The molecule has 0 bridgehead atoms. The molecule has 0 radical (unpaired) electrons. The third-order valence-corrected chi connectivity index (χ3v) is 6.49. The summed E-state index contributed by atoms with van der Waals surface area (Å²) in [6.07, 6.45) is 8.51. The first-order valence-corrected chi connectivity index (χ1v) is 12.0. The van der Waals surface area contributed by atoms with Gasteiger partial charge in [0.1, 0.15) is 0 Å². The van der Waals surface area contributed by atoms with Crippen LogP contribution in [0.1, 0.15) is 51.1 Å². The summed E-state index contributed by atoms with van der Waals surface area (Å²) in [5.74, 6) is -0.0103. The number of nitrogens with zero attached hydrogens (tertiary/aromatic N) is 3. The summed E-state index contributed by atoms with van der Waals surface area (Å²) in [5.41, 5.74) is 10.7. The molecular weight excluding hydrogens is 446 g/mol. The number of nitrogens with two attached hydrogens (primary N) is 1. The summed E-state index contributed by atoms with van der Waals surface area (Å²) in [4.78, 5) is 39.2. The van der Waals surface area contributed by atoms with Gasteiger partial charge in [-0.1, -0.05) is 12.1 Å². The van der Waals surface area contributed by atoms with E-state index in [1.54, 1.807) is 22.3 Å². The highest BCUT2D eigenvalue weighted by molar-refractivity contribution is 5.94. The number of benzene rings is 1. The molecule has 5 rings (SSSR count). The molecule has 2 amide bonds. The zero-order chi connectivity index (χ0) is 24.6. The predicted octanol–water partition coefficient (Wildman–Crippen LogP) is 1.89. The molecule has 0 atom stereocenters. The molecule has 2 aromatic heterocycles. The van der Waals surface area contributed by atoms with E-state index in [1.165, 1.54) is 0 Å². The van der Waals surface area contributed by atoms with Crippen molar-refractivity contribution < 1.29 is 14.0 Å². The van der Waals surface area contributed by atoms with E-state index < -0.39 is 0 Å². The minimum Gasteiger partial charge on any atom is -0.472 e. The predicted molar refractivity (Wildman–Crippen MR) is 131 cm³/mol. The van der Waals surface area contributed by atoms with Crippen LogP contribution in [-0.2, 0) is 30.6 Å². The van der Waals surface area contributed by atoms with Crippen molar-refractivity contribution in [3.05, 3.63) is 86.7 Å². The molecule has 1 fully saturated rings. The van der Waals surface area contributed by atoms with Crippen molar-refractivity contribution in [3.63, 3.8) is 0 Å². The van der Waals surface area contributed by atoms with Gasteiger partial charge in [0.25, 0.3) is 11.5 Å². The van der Waals surface area contributed by atoms with E-state index in [-0.39, 0.29) is 11.5 Å². The number of rotatable bonds is 5. The van der Waals surface area contributed by atoms with Crippen LogP contribution in [-0.4, -0.2) is 58.5 Å². The molecule has 2 aliphatic rings. The first-order chi connectivity index (χ1) is 17.1. The lowest BCUT2D eigenvalue weighted by Crippen LogP contribution is -2.48. The number of aromatic amines is 1. The monoisotopic (exact) mass is 477 g/mol. The van der Waals surface area contributed by atoms with Gasteiger partial charge in [0.2, 0.25) is 6.41 Å². The van der Waals surface area contributed by atoms with Gasteiger partial charge in [-0.3, -0.25) is 14.4 Å². The van der Waals surface area contributed by atoms with E-state index in [0.717, 1.165) is 60.0 Å². The van der Waals surface area contributed by atoms with Crippen LogP contribution < -0.4 is 11.3 Å². The van der Waals surface area contributed by atoms with E-state index in [9.17, 15) is 14.4 Å². The van der Waals surface area contributed by atoms with Crippen LogP contribution in [0.2, 0.25) is 0 Å².